The van der Waals surface area contributed by atoms with Gasteiger partial charge in [0.05, 0.1) is 18.8 Å². The lowest BCUT2D eigenvalue weighted by Gasteiger charge is -2.32. The summed E-state index contributed by atoms with van der Waals surface area (Å²) in [5.41, 5.74) is 0.731. The molecule has 0 saturated carbocycles. The molecule has 3 nitrogen and oxygen atoms in total. The van der Waals surface area contributed by atoms with E-state index in [0.717, 1.165) is 5.69 Å². The number of hydrogen-bond acceptors (Lipinski definition) is 3. The normalized spacial score (nSPS) is 20.2. The predicted octanol–water partition coefficient (Wildman–Crippen LogP) is 1.02. The number of aliphatic hydroxyl groups is 1. The fraction of sp³-hybridized carbons (Fsp3) is 0.400. The highest BCUT2D eigenvalue weighted by Crippen LogP contribution is 2.34. The second-order valence-corrected chi connectivity index (χ2v) is 3.39. The maximum absolute atomic E-state index is 13.3. The Balaban J connectivity index is 2.40. The smallest absolute Gasteiger partial charge is 0.178 e. The Labute approximate surface area is 81.7 Å². The van der Waals surface area contributed by atoms with E-state index in [2.05, 4.69) is 0 Å². The fourth-order valence-corrected chi connectivity index (χ4v) is 1.62. The molecule has 1 atom stereocenters. The van der Waals surface area contributed by atoms with Gasteiger partial charge in [-0.05, 0) is 12.1 Å². The van der Waals surface area contributed by atoms with Crippen LogP contribution in [-0.4, -0.2) is 31.4 Å². The molecule has 14 heavy (non-hydrogen) atoms. The van der Waals surface area contributed by atoms with Gasteiger partial charge in [-0.15, -0.1) is 0 Å². The summed E-state index contributed by atoms with van der Waals surface area (Å²) >= 11 is 0. The van der Waals surface area contributed by atoms with Gasteiger partial charge in [-0.25, -0.2) is 4.39 Å². The lowest BCUT2D eigenvalue weighted by atomic mass is 10.2. The highest BCUT2D eigenvalue weighted by atomic mass is 19.1. The van der Waals surface area contributed by atoms with Crippen LogP contribution in [0.5, 0.6) is 5.75 Å². The molecule has 1 N–H and O–H groups in total. The first-order valence-corrected chi connectivity index (χ1v) is 4.49. The van der Waals surface area contributed by atoms with Crippen LogP contribution in [0.3, 0.4) is 0 Å². The van der Waals surface area contributed by atoms with Gasteiger partial charge < -0.3 is 14.7 Å². The fourth-order valence-electron chi connectivity index (χ4n) is 1.62. The van der Waals surface area contributed by atoms with E-state index >= 15 is 0 Å². The molecule has 2 rings (SSSR count). The molecule has 0 amide bonds. The minimum Gasteiger partial charge on any atom is -0.481 e. The van der Waals surface area contributed by atoms with Crippen molar-refractivity contribution in [3.05, 3.63) is 24.0 Å². The van der Waals surface area contributed by atoms with Crippen molar-refractivity contribution in [2.24, 2.45) is 0 Å². The topological polar surface area (TPSA) is 32.7 Å². The van der Waals surface area contributed by atoms with Crippen molar-refractivity contribution in [1.29, 1.82) is 0 Å². The first-order valence-electron chi connectivity index (χ1n) is 4.49. The van der Waals surface area contributed by atoms with Crippen molar-refractivity contribution in [3.8, 4) is 5.75 Å². The van der Waals surface area contributed by atoms with Crippen molar-refractivity contribution in [2.75, 3.05) is 25.1 Å². The second kappa shape index (κ2) is 3.46. The van der Waals surface area contributed by atoms with Crippen LogP contribution < -0.4 is 9.64 Å². The highest BCUT2D eigenvalue weighted by molar-refractivity contribution is 5.60. The maximum Gasteiger partial charge on any atom is 0.178 e. The molecule has 0 radical (unpaired) electrons. The van der Waals surface area contributed by atoms with E-state index in [-0.39, 0.29) is 24.3 Å². The number of hydrogen-bond donors (Lipinski definition) is 1. The van der Waals surface area contributed by atoms with E-state index in [9.17, 15) is 4.39 Å². The van der Waals surface area contributed by atoms with E-state index in [4.69, 9.17) is 9.84 Å². The molecule has 4 heteroatoms. The standard InChI is InChI=1S/C10H12FNO2/c1-12-5-7(6-13)14-10-8(11)3-2-4-9(10)12/h2-4,7,13H,5-6H2,1H3. The minimum absolute atomic E-state index is 0.0991. The minimum atomic E-state index is -0.382. The molecular formula is C10H12FNO2. The summed E-state index contributed by atoms with van der Waals surface area (Å²) in [5.74, 6) is -0.146. The van der Waals surface area contributed by atoms with Gasteiger partial charge in [-0.1, -0.05) is 6.07 Å². The molecule has 0 bridgehead atoms. The Kier molecular flexibility index (Phi) is 2.29. The zero-order chi connectivity index (χ0) is 10.1. The Morgan fingerprint density at radius 1 is 1.64 bits per heavy atom. The molecule has 0 fully saturated rings. The Hall–Kier alpha value is -1.29. The molecule has 0 saturated heterocycles. The predicted molar refractivity (Wildman–Crippen MR) is 51.2 cm³/mol. The van der Waals surface area contributed by atoms with E-state index in [0.29, 0.717) is 6.54 Å². The van der Waals surface area contributed by atoms with Gasteiger partial charge in [-0.3, -0.25) is 0 Å². The van der Waals surface area contributed by atoms with Crippen LogP contribution in [-0.2, 0) is 0 Å². The number of anilines is 1. The molecule has 0 aliphatic carbocycles. The van der Waals surface area contributed by atoms with E-state index < -0.39 is 0 Å². The van der Waals surface area contributed by atoms with Crippen LogP contribution in [0, 0.1) is 5.82 Å². The Morgan fingerprint density at radius 2 is 2.43 bits per heavy atom. The summed E-state index contributed by atoms with van der Waals surface area (Å²) in [6.07, 6.45) is -0.343. The molecule has 0 aromatic heterocycles. The van der Waals surface area contributed by atoms with Crippen molar-refractivity contribution < 1.29 is 14.2 Å². The Bertz CT molecular complexity index is 343. The molecule has 1 aromatic carbocycles. The van der Waals surface area contributed by atoms with Crippen LogP contribution in [0.2, 0.25) is 0 Å². The molecule has 1 aliphatic rings. The summed E-state index contributed by atoms with van der Waals surface area (Å²) in [6, 6.07) is 4.80. The largest absolute Gasteiger partial charge is 0.481 e. The highest BCUT2D eigenvalue weighted by Gasteiger charge is 2.24. The average molecular weight is 197 g/mol. The molecule has 0 spiro atoms. The van der Waals surface area contributed by atoms with Crippen molar-refractivity contribution in [3.63, 3.8) is 0 Å². The zero-order valence-corrected chi connectivity index (χ0v) is 7.90. The van der Waals surface area contributed by atoms with Crippen LogP contribution in [0.1, 0.15) is 0 Å². The number of aliphatic hydroxyl groups excluding tert-OH is 1. The van der Waals surface area contributed by atoms with Crippen LogP contribution in [0.4, 0.5) is 10.1 Å². The molecule has 1 heterocycles. The van der Waals surface area contributed by atoms with Crippen LogP contribution >= 0.6 is 0 Å². The van der Waals surface area contributed by atoms with Gasteiger partial charge in [0, 0.05) is 7.05 Å². The maximum atomic E-state index is 13.3. The van der Waals surface area contributed by atoms with E-state index in [1.54, 1.807) is 12.1 Å². The third-order valence-corrected chi connectivity index (χ3v) is 2.32. The summed E-state index contributed by atoms with van der Waals surface area (Å²) in [6.45, 7) is 0.477. The van der Waals surface area contributed by atoms with Crippen molar-refractivity contribution in [2.45, 2.75) is 6.10 Å². The lowest BCUT2D eigenvalue weighted by Crippen LogP contribution is -2.40. The summed E-state index contributed by atoms with van der Waals surface area (Å²) in [5, 5.41) is 8.95. The third-order valence-electron chi connectivity index (χ3n) is 2.32. The van der Waals surface area contributed by atoms with E-state index in [1.807, 2.05) is 11.9 Å². The van der Waals surface area contributed by atoms with Crippen LogP contribution in [0.15, 0.2) is 18.2 Å². The monoisotopic (exact) mass is 197 g/mol. The number of ether oxygens (including phenoxy) is 1. The molecule has 76 valence electrons. The number of likely N-dealkylation sites (N-methyl/N-ethyl adjacent to an activating group) is 1. The Morgan fingerprint density at radius 3 is 3.14 bits per heavy atom. The van der Waals surface area contributed by atoms with Gasteiger partial charge in [0.15, 0.2) is 11.6 Å². The number of benzene rings is 1. The lowest BCUT2D eigenvalue weighted by molar-refractivity contribution is 0.109. The quantitative estimate of drug-likeness (QED) is 0.729. The summed E-state index contributed by atoms with van der Waals surface area (Å²) in [4.78, 5) is 1.88. The number of nitrogens with zero attached hydrogens (tertiary/aromatic N) is 1. The van der Waals surface area contributed by atoms with Gasteiger partial charge >= 0.3 is 0 Å². The first-order chi connectivity index (χ1) is 6.72. The van der Waals surface area contributed by atoms with Gasteiger partial charge in [0.25, 0.3) is 0 Å². The van der Waals surface area contributed by atoms with Gasteiger partial charge in [0.2, 0.25) is 0 Å². The third kappa shape index (κ3) is 1.42. The van der Waals surface area contributed by atoms with Gasteiger partial charge in [0.1, 0.15) is 6.10 Å². The molecular weight excluding hydrogens is 185 g/mol. The number of rotatable bonds is 1. The SMILES string of the molecule is CN1CC(CO)Oc2c(F)cccc21. The second-order valence-electron chi connectivity index (χ2n) is 3.39. The molecule has 1 aromatic rings. The zero-order valence-electron chi connectivity index (χ0n) is 7.90. The number of halogens is 1. The number of fused-ring (bicyclic) bond motifs is 1. The van der Waals surface area contributed by atoms with Crippen molar-refractivity contribution in [1.82, 2.24) is 0 Å². The van der Waals surface area contributed by atoms with Gasteiger partial charge in [-0.2, -0.15) is 0 Å². The number of para-hydroxylation sites is 1. The van der Waals surface area contributed by atoms with E-state index in [1.165, 1.54) is 6.07 Å². The average Bonchev–Trinajstić information content (AvgIpc) is 2.19. The summed E-state index contributed by atoms with van der Waals surface area (Å²) < 4.78 is 18.6. The molecule has 1 aliphatic heterocycles. The van der Waals surface area contributed by atoms with Crippen molar-refractivity contribution >= 4 is 5.69 Å². The van der Waals surface area contributed by atoms with Crippen LogP contribution in [0.25, 0.3) is 0 Å². The summed E-state index contributed by atoms with van der Waals surface area (Å²) in [7, 11) is 1.85. The first kappa shape index (κ1) is 9.27. The molecule has 1 unspecified atom stereocenters.